The molecular formula is C12H22N6O. The minimum Gasteiger partial charge on any atom is -0.352 e. The highest BCUT2D eigenvalue weighted by molar-refractivity contribution is 5.81. The Morgan fingerprint density at radius 1 is 1.47 bits per heavy atom. The molecule has 0 saturated heterocycles. The Morgan fingerprint density at radius 3 is 2.68 bits per heavy atom. The largest absolute Gasteiger partial charge is 0.352 e. The summed E-state index contributed by atoms with van der Waals surface area (Å²) in [6.45, 7) is 8.64. The van der Waals surface area contributed by atoms with E-state index in [0.717, 1.165) is 5.56 Å². The van der Waals surface area contributed by atoms with Crippen molar-refractivity contribution in [1.82, 2.24) is 15.3 Å². The fourth-order valence-corrected chi connectivity index (χ4v) is 1.78. The molecule has 1 aromatic heterocycles. The van der Waals surface area contributed by atoms with E-state index in [2.05, 4.69) is 20.7 Å². The van der Waals surface area contributed by atoms with Crippen LogP contribution in [0.1, 0.15) is 26.3 Å². The first-order valence-electron chi connectivity index (χ1n) is 6.32. The average Bonchev–Trinajstić information content (AvgIpc) is 2.35. The number of anilines is 2. The first-order valence-corrected chi connectivity index (χ1v) is 6.32. The predicted molar refractivity (Wildman–Crippen MR) is 75.7 cm³/mol. The molecule has 0 radical (unpaired) electrons. The van der Waals surface area contributed by atoms with Gasteiger partial charge < -0.3 is 15.6 Å². The van der Waals surface area contributed by atoms with E-state index in [1.54, 1.807) is 0 Å². The topological polar surface area (TPSA) is 96.2 Å². The van der Waals surface area contributed by atoms with Crippen LogP contribution in [0, 0.1) is 6.92 Å². The van der Waals surface area contributed by atoms with Crippen LogP contribution in [0.25, 0.3) is 0 Å². The molecule has 0 aliphatic heterocycles. The molecular weight excluding hydrogens is 244 g/mol. The molecule has 0 aliphatic rings. The molecule has 0 unspecified atom stereocenters. The van der Waals surface area contributed by atoms with Gasteiger partial charge in [-0.25, -0.2) is 15.8 Å². The zero-order valence-corrected chi connectivity index (χ0v) is 11.9. The van der Waals surface area contributed by atoms with E-state index in [1.807, 2.05) is 32.6 Å². The van der Waals surface area contributed by atoms with Crippen LogP contribution in [0.4, 0.5) is 11.6 Å². The van der Waals surface area contributed by atoms with E-state index < -0.39 is 0 Å². The maximum absolute atomic E-state index is 11.8. The number of amides is 1. The molecule has 0 atom stereocenters. The quantitative estimate of drug-likeness (QED) is 0.510. The zero-order chi connectivity index (χ0) is 14.4. The molecule has 4 N–H and O–H groups in total. The van der Waals surface area contributed by atoms with Crippen molar-refractivity contribution in [3.8, 4) is 0 Å². The average molecular weight is 266 g/mol. The number of nitrogens with one attached hydrogen (secondary N) is 2. The predicted octanol–water partition coefficient (Wildman–Crippen LogP) is 0.422. The molecule has 1 rings (SSSR count). The van der Waals surface area contributed by atoms with Gasteiger partial charge in [-0.1, -0.05) is 0 Å². The second-order valence-corrected chi connectivity index (χ2v) is 4.55. The van der Waals surface area contributed by atoms with Gasteiger partial charge in [0.15, 0.2) is 0 Å². The van der Waals surface area contributed by atoms with Crippen LogP contribution < -0.4 is 21.5 Å². The second-order valence-electron chi connectivity index (χ2n) is 4.55. The fraction of sp³-hybridized carbons (Fsp3) is 0.583. The van der Waals surface area contributed by atoms with Crippen LogP contribution in [0.3, 0.4) is 0 Å². The van der Waals surface area contributed by atoms with E-state index in [-0.39, 0.29) is 18.5 Å². The van der Waals surface area contributed by atoms with Crippen molar-refractivity contribution in [2.75, 3.05) is 23.4 Å². The Bertz CT molecular complexity index is 434. The highest BCUT2D eigenvalue weighted by Crippen LogP contribution is 2.20. The number of rotatable bonds is 6. The third kappa shape index (κ3) is 4.06. The van der Waals surface area contributed by atoms with Crippen molar-refractivity contribution < 1.29 is 4.79 Å². The van der Waals surface area contributed by atoms with Crippen molar-refractivity contribution in [3.63, 3.8) is 0 Å². The number of nitrogen functional groups attached to an aromatic ring is 1. The summed E-state index contributed by atoms with van der Waals surface area (Å²) in [5.74, 6) is 6.63. The molecule has 1 heterocycles. The maximum atomic E-state index is 11.8. The van der Waals surface area contributed by atoms with Gasteiger partial charge in [-0.15, -0.1) is 0 Å². The lowest BCUT2D eigenvalue weighted by molar-refractivity contribution is -0.120. The lowest BCUT2D eigenvalue weighted by atomic mass is 10.2. The summed E-state index contributed by atoms with van der Waals surface area (Å²) in [6, 6.07) is 0.124. The van der Waals surface area contributed by atoms with Crippen LogP contribution >= 0.6 is 0 Å². The van der Waals surface area contributed by atoms with Crippen LogP contribution in [-0.4, -0.2) is 35.0 Å². The van der Waals surface area contributed by atoms with E-state index in [4.69, 9.17) is 5.84 Å². The van der Waals surface area contributed by atoms with Gasteiger partial charge in [0.1, 0.15) is 18.0 Å². The van der Waals surface area contributed by atoms with Gasteiger partial charge in [0.25, 0.3) is 0 Å². The molecule has 0 saturated carbocycles. The fourth-order valence-electron chi connectivity index (χ4n) is 1.78. The minimum atomic E-state index is -0.0304. The van der Waals surface area contributed by atoms with Crippen molar-refractivity contribution in [2.45, 2.75) is 33.7 Å². The van der Waals surface area contributed by atoms with Gasteiger partial charge in [-0.3, -0.25) is 4.79 Å². The molecule has 19 heavy (non-hydrogen) atoms. The third-order valence-corrected chi connectivity index (χ3v) is 2.66. The smallest absolute Gasteiger partial charge is 0.239 e. The van der Waals surface area contributed by atoms with Gasteiger partial charge in [0, 0.05) is 18.2 Å². The highest BCUT2D eigenvalue weighted by atomic mass is 16.2. The van der Waals surface area contributed by atoms with Gasteiger partial charge in [0.2, 0.25) is 5.91 Å². The molecule has 7 nitrogen and oxygen atoms in total. The molecule has 0 fully saturated rings. The van der Waals surface area contributed by atoms with Crippen molar-refractivity contribution in [3.05, 3.63) is 11.9 Å². The van der Waals surface area contributed by atoms with Gasteiger partial charge in [-0.2, -0.15) is 0 Å². The zero-order valence-electron chi connectivity index (χ0n) is 11.9. The number of hydrazine groups is 1. The molecule has 0 bridgehead atoms. The van der Waals surface area contributed by atoms with E-state index in [1.165, 1.54) is 6.33 Å². The number of aromatic nitrogens is 2. The summed E-state index contributed by atoms with van der Waals surface area (Å²) in [7, 11) is 0. The molecule has 106 valence electrons. The molecule has 0 aliphatic carbocycles. The van der Waals surface area contributed by atoms with Crippen LogP contribution in [0.2, 0.25) is 0 Å². The number of hydrogen-bond acceptors (Lipinski definition) is 6. The minimum absolute atomic E-state index is 0.0304. The summed E-state index contributed by atoms with van der Waals surface area (Å²) >= 11 is 0. The summed E-state index contributed by atoms with van der Waals surface area (Å²) in [5.41, 5.74) is 3.35. The lowest BCUT2D eigenvalue weighted by Crippen LogP contribution is -2.40. The van der Waals surface area contributed by atoms with Crippen LogP contribution in [-0.2, 0) is 4.79 Å². The molecule has 0 spiro atoms. The second kappa shape index (κ2) is 6.89. The summed E-state index contributed by atoms with van der Waals surface area (Å²) < 4.78 is 0. The van der Waals surface area contributed by atoms with Gasteiger partial charge in [0.05, 0.1) is 6.54 Å². The van der Waals surface area contributed by atoms with Gasteiger partial charge in [-0.05, 0) is 27.7 Å². The molecule has 1 amide bonds. The lowest BCUT2D eigenvalue weighted by Gasteiger charge is -2.24. The molecule has 1 aromatic rings. The van der Waals surface area contributed by atoms with Crippen molar-refractivity contribution in [2.24, 2.45) is 5.84 Å². The highest BCUT2D eigenvalue weighted by Gasteiger charge is 2.15. The van der Waals surface area contributed by atoms with E-state index in [9.17, 15) is 4.79 Å². The normalized spacial score (nSPS) is 10.4. The van der Waals surface area contributed by atoms with E-state index in [0.29, 0.717) is 18.2 Å². The van der Waals surface area contributed by atoms with Crippen LogP contribution in [0.5, 0.6) is 0 Å². The number of carbonyl (C=O) groups is 1. The number of likely N-dealkylation sites (N-methyl/N-ethyl adjacent to an activating group) is 1. The van der Waals surface area contributed by atoms with Gasteiger partial charge >= 0.3 is 0 Å². The third-order valence-electron chi connectivity index (χ3n) is 2.66. The number of hydrogen-bond donors (Lipinski definition) is 3. The first kappa shape index (κ1) is 15.2. The number of nitrogens with two attached hydrogens (primary N) is 1. The standard InChI is InChI=1S/C12H22N6O/c1-5-18(6-10(19)16-8(2)3)12-9(4)11(17-13)14-7-15-12/h7-8H,5-6,13H2,1-4H3,(H,16,19)(H,14,15,17). The maximum Gasteiger partial charge on any atom is 0.239 e. The Balaban J connectivity index is 2.88. The molecule has 0 aromatic carbocycles. The monoisotopic (exact) mass is 266 g/mol. The van der Waals surface area contributed by atoms with E-state index >= 15 is 0 Å². The summed E-state index contributed by atoms with van der Waals surface area (Å²) in [6.07, 6.45) is 1.43. The van der Waals surface area contributed by atoms with Crippen molar-refractivity contribution >= 4 is 17.5 Å². The Labute approximate surface area is 113 Å². The molecule has 7 heteroatoms. The Morgan fingerprint density at radius 2 is 2.16 bits per heavy atom. The Hall–Kier alpha value is -1.89. The summed E-state index contributed by atoms with van der Waals surface area (Å²) in [4.78, 5) is 22.0. The van der Waals surface area contributed by atoms with Crippen LogP contribution in [0.15, 0.2) is 6.33 Å². The SMILES string of the molecule is CCN(CC(=O)NC(C)C)c1ncnc(NN)c1C. The number of nitrogens with zero attached hydrogens (tertiary/aromatic N) is 3. The Kier molecular flexibility index (Phi) is 5.50. The first-order chi connectivity index (χ1) is 8.99. The van der Waals surface area contributed by atoms with Crippen molar-refractivity contribution in [1.29, 1.82) is 0 Å². The summed E-state index contributed by atoms with van der Waals surface area (Å²) in [5, 5.41) is 2.86. The number of carbonyl (C=O) groups excluding carboxylic acids is 1.